The van der Waals surface area contributed by atoms with Crippen molar-refractivity contribution >= 4 is 23.1 Å². The van der Waals surface area contributed by atoms with Crippen LogP contribution in [0.1, 0.15) is 24.8 Å². The van der Waals surface area contributed by atoms with Crippen molar-refractivity contribution in [1.29, 1.82) is 0 Å². The molecule has 1 aliphatic heterocycles. The van der Waals surface area contributed by atoms with Gasteiger partial charge in [-0.15, -0.1) is 0 Å². The van der Waals surface area contributed by atoms with Crippen LogP contribution in [0.4, 0.5) is 0 Å². The monoisotopic (exact) mass is 382 g/mol. The highest BCUT2D eigenvalue weighted by molar-refractivity contribution is 7.71. The molecule has 0 bridgehead atoms. The Morgan fingerprint density at radius 3 is 2.93 bits per heavy atom. The van der Waals surface area contributed by atoms with Crippen molar-refractivity contribution in [2.75, 3.05) is 13.2 Å². The zero-order chi connectivity index (χ0) is 18.6. The molecule has 2 heterocycles. The number of hydrogen-bond acceptors (Lipinski definition) is 4. The molecule has 1 aliphatic rings. The molecule has 2 aromatic carbocycles. The lowest BCUT2D eigenvalue weighted by Crippen LogP contribution is -2.24. The minimum Gasteiger partial charge on any atom is -0.376 e. The fourth-order valence-electron chi connectivity index (χ4n) is 3.43. The fourth-order valence-corrected chi connectivity index (χ4v) is 3.73. The number of benzene rings is 2. The van der Waals surface area contributed by atoms with E-state index in [0.29, 0.717) is 23.4 Å². The van der Waals surface area contributed by atoms with Crippen molar-refractivity contribution < 1.29 is 9.47 Å². The van der Waals surface area contributed by atoms with Crippen LogP contribution in [0.15, 0.2) is 53.3 Å². The maximum Gasteiger partial charge on any atom is 0.266 e. The van der Waals surface area contributed by atoms with Crippen molar-refractivity contribution in [2.45, 2.75) is 32.0 Å². The molecule has 1 saturated heterocycles. The van der Waals surface area contributed by atoms with Crippen LogP contribution in [0.25, 0.3) is 16.6 Å². The number of nitrogens with one attached hydrogen (secondary N) is 1. The number of rotatable bonds is 5. The minimum absolute atomic E-state index is 0.122. The molecule has 140 valence electrons. The third-order valence-electron chi connectivity index (χ3n) is 4.82. The van der Waals surface area contributed by atoms with E-state index in [4.69, 9.17) is 21.7 Å². The Kier molecular flexibility index (Phi) is 5.48. The molecule has 0 radical (unpaired) electrons. The molecule has 0 saturated carbocycles. The van der Waals surface area contributed by atoms with Crippen LogP contribution in [0.2, 0.25) is 0 Å². The van der Waals surface area contributed by atoms with Gasteiger partial charge >= 0.3 is 0 Å². The summed E-state index contributed by atoms with van der Waals surface area (Å²) in [6.45, 7) is 1.90. The maximum absolute atomic E-state index is 12.9. The summed E-state index contributed by atoms with van der Waals surface area (Å²) in [7, 11) is 0. The number of H-pyrrole nitrogens is 1. The third-order valence-corrected chi connectivity index (χ3v) is 5.11. The van der Waals surface area contributed by atoms with Gasteiger partial charge in [0.25, 0.3) is 5.56 Å². The normalized spacial score (nSPS) is 17.3. The summed E-state index contributed by atoms with van der Waals surface area (Å²) in [6, 6.07) is 15.1. The van der Waals surface area contributed by atoms with Gasteiger partial charge in [-0.3, -0.25) is 9.36 Å². The fraction of sp³-hybridized carbons (Fsp3) is 0.333. The van der Waals surface area contributed by atoms with Crippen LogP contribution in [0.3, 0.4) is 0 Å². The third kappa shape index (κ3) is 4.03. The largest absolute Gasteiger partial charge is 0.376 e. The topological polar surface area (TPSA) is 56.2 Å². The molecule has 0 amide bonds. The number of aromatic amines is 1. The number of ether oxygens (including phenoxy) is 2. The number of aromatic nitrogens is 2. The van der Waals surface area contributed by atoms with Gasteiger partial charge in [-0.2, -0.15) is 0 Å². The standard InChI is InChI=1S/C21H22N2O3S/c24-20-18-9-1-2-10-19(18)22-21(27)23(20)16-7-5-6-15(12-16)13-25-14-17-8-3-4-11-26-17/h1-2,5-7,9-10,12,17H,3-4,8,11,13-14H2,(H,22,27)/t17-/m1/s1. The molecule has 1 N–H and O–H groups in total. The Morgan fingerprint density at radius 2 is 2.07 bits per heavy atom. The summed E-state index contributed by atoms with van der Waals surface area (Å²) in [6.07, 6.45) is 3.59. The van der Waals surface area contributed by atoms with Crippen LogP contribution < -0.4 is 5.56 Å². The quantitative estimate of drug-likeness (QED) is 0.674. The number of fused-ring (bicyclic) bond motifs is 1. The SMILES string of the molecule is O=c1c2ccccc2[nH]c(=S)n1-c1cccc(COC[C@H]2CCCCO2)c1. The predicted octanol–water partition coefficient (Wildman–Crippen LogP) is 4.13. The van der Waals surface area contributed by atoms with Crippen molar-refractivity contribution in [1.82, 2.24) is 9.55 Å². The van der Waals surface area contributed by atoms with E-state index in [-0.39, 0.29) is 11.7 Å². The van der Waals surface area contributed by atoms with Gasteiger partial charge in [-0.25, -0.2) is 0 Å². The van der Waals surface area contributed by atoms with Gasteiger partial charge in [0, 0.05) is 6.61 Å². The van der Waals surface area contributed by atoms with Crippen molar-refractivity contribution in [3.63, 3.8) is 0 Å². The maximum atomic E-state index is 12.9. The van der Waals surface area contributed by atoms with Crippen LogP contribution in [-0.2, 0) is 16.1 Å². The van der Waals surface area contributed by atoms with Crippen molar-refractivity contribution in [3.8, 4) is 5.69 Å². The molecule has 1 atom stereocenters. The highest BCUT2D eigenvalue weighted by Crippen LogP contribution is 2.16. The van der Waals surface area contributed by atoms with E-state index >= 15 is 0 Å². The first-order chi connectivity index (χ1) is 13.2. The predicted molar refractivity (Wildman–Crippen MR) is 108 cm³/mol. The Labute approximate surface area is 162 Å². The molecule has 0 aliphatic carbocycles. The Hall–Kier alpha value is -2.28. The molecule has 1 aromatic heterocycles. The van der Waals surface area contributed by atoms with Crippen molar-refractivity contribution in [2.24, 2.45) is 0 Å². The van der Waals surface area contributed by atoms with Crippen LogP contribution >= 0.6 is 12.2 Å². The lowest BCUT2D eigenvalue weighted by Gasteiger charge is -2.22. The highest BCUT2D eigenvalue weighted by atomic mass is 32.1. The summed E-state index contributed by atoms with van der Waals surface area (Å²) in [5.74, 6) is 0. The van der Waals surface area contributed by atoms with Crippen molar-refractivity contribution in [3.05, 3.63) is 69.2 Å². The van der Waals surface area contributed by atoms with Gasteiger partial charge in [0.1, 0.15) is 0 Å². The lowest BCUT2D eigenvalue weighted by molar-refractivity contribution is -0.0447. The van der Waals surface area contributed by atoms with Gasteiger partial charge in [-0.1, -0.05) is 24.3 Å². The van der Waals surface area contributed by atoms with E-state index in [1.54, 1.807) is 6.07 Å². The zero-order valence-corrected chi connectivity index (χ0v) is 15.8. The zero-order valence-electron chi connectivity index (χ0n) is 15.0. The van der Waals surface area contributed by atoms with E-state index in [9.17, 15) is 4.79 Å². The lowest BCUT2D eigenvalue weighted by atomic mass is 10.1. The molecular weight excluding hydrogens is 360 g/mol. The first-order valence-corrected chi connectivity index (χ1v) is 9.66. The first-order valence-electron chi connectivity index (χ1n) is 9.25. The van der Waals surface area contributed by atoms with Crippen LogP contribution in [-0.4, -0.2) is 28.9 Å². The van der Waals surface area contributed by atoms with E-state index in [0.717, 1.165) is 36.2 Å². The number of hydrogen-bond donors (Lipinski definition) is 1. The van der Waals surface area contributed by atoms with E-state index < -0.39 is 0 Å². The van der Waals surface area contributed by atoms with Gasteiger partial charge in [-0.05, 0) is 61.3 Å². The summed E-state index contributed by atoms with van der Waals surface area (Å²) in [5, 5.41) is 0.613. The average molecular weight is 382 g/mol. The van der Waals surface area contributed by atoms with Crippen LogP contribution in [0, 0.1) is 4.77 Å². The number of nitrogens with zero attached hydrogens (tertiary/aromatic N) is 1. The summed E-state index contributed by atoms with van der Waals surface area (Å²) >= 11 is 5.42. The Balaban J connectivity index is 1.56. The molecule has 0 spiro atoms. The molecule has 6 heteroatoms. The molecule has 27 heavy (non-hydrogen) atoms. The molecule has 3 aromatic rings. The summed E-state index contributed by atoms with van der Waals surface area (Å²) in [4.78, 5) is 16.0. The van der Waals surface area contributed by atoms with Crippen LogP contribution in [0.5, 0.6) is 0 Å². The Morgan fingerprint density at radius 1 is 1.19 bits per heavy atom. The first kappa shape index (κ1) is 18.1. The van der Waals surface area contributed by atoms with Gasteiger partial charge in [0.15, 0.2) is 4.77 Å². The molecular formula is C21H22N2O3S. The van der Waals surface area contributed by atoms with E-state index in [1.165, 1.54) is 11.0 Å². The average Bonchev–Trinajstić information content (AvgIpc) is 2.69. The second-order valence-corrected chi connectivity index (χ2v) is 7.18. The smallest absolute Gasteiger partial charge is 0.266 e. The van der Waals surface area contributed by atoms with E-state index in [1.807, 2.05) is 42.5 Å². The molecule has 4 rings (SSSR count). The Bertz CT molecular complexity index is 1050. The molecule has 0 unspecified atom stereocenters. The second-order valence-electron chi connectivity index (χ2n) is 6.79. The molecule has 1 fully saturated rings. The van der Waals surface area contributed by atoms with Gasteiger partial charge in [0.05, 0.1) is 35.9 Å². The highest BCUT2D eigenvalue weighted by Gasteiger charge is 2.14. The van der Waals surface area contributed by atoms with Gasteiger partial charge in [0.2, 0.25) is 0 Å². The minimum atomic E-state index is -0.122. The second kappa shape index (κ2) is 8.17. The summed E-state index contributed by atoms with van der Waals surface area (Å²) < 4.78 is 13.4. The van der Waals surface area contributed by atoms with Gasteiger partial charge < -0.3 is 14.5 Å². The molecule has 5 nitrogen and oxygen atoms in total. The summed E-state index contributed by atoms with van der Waals surface area (Å²) in [5.41, 5.74) is 2.36. The number of para-hydroxylation sites is 1. The van der Waals surface area contributed by atoms with E-state index in [2.05, 4.69) is 4.98 Å².